The number of H-pyrrole nitrogens is 1. The van der Waals surface area contributed by atoms with Crippen LogP contribution in [0.25, 0.3) is 16.9 Å². The lowest BCUT2D eigenvalue weighted by Crippen LogP contribution is -2.17. The molecule has 26 heavy (non-hydrogen) atoms. The number of rotatable bonds is 2. The molecule has 1 N–H and O–H groups in total. The number of pyridine rings is 1. The molecule has 0 amide bonds. The van der Waals surface area contributed by atoms with Gasteiger partial charge in [-0.15, -0.1) is 0 Å². The van der Waals surface area contributed by atoms with Gasteiger partial charge in [0.2, 0.25) is 0 Å². The summed E-state index contributed by atoms with van der Waals surface area (Å²) in [5, 5.41) is 4.71. The van der Waals surface area contributed by atoms with E-state index >= 15 is 0 Å². The Bertz CT molecular complexity index is 1080. The third kappa shape index (κ3) is 2.37. The molecule has 0 saturated heterocycles. The molecule has 2 aliphatic heterocycles. The van der Waals surface area contributed by atoms with Gasteiger partial charge in [-0.05, 0) is 42.9 Å². The van der Waals surface area contributed by atoms with E-state index in [2.05, 4.69) is 35.3 Å². The smallest absolute Gasteiger partial charge is 0.282 e. The number of nitrogens with one attached hydrogen (secondary N) is 1. The molecule has 4 heteroatoms. The molecule has 1 atom stereocenters. The molecule has 0 aromatic heterocycles. The van der Waals surface area contributed by atoms with Crippen molar-refractivity contribution >= 4 is 0 Å². The van der Waals surface area contributed by atoms with Crippen molar-refractivity contribution in [1.82, 2.24) is 14.8 Å². The van der Waals surface area contributed by atoms with Gasteiger partial charge in [-0.1, -0.05) is 48.5 Å². The van der Waals surface area contributed by atoms with Crippen molar-refractivity contribution in [2.24, 2.45) is 0 Å². The molecule has 1 aliphatic carbocycles. The molecule has 2 aromatic carbocycles. The molecule has 1 unspecified atom stereocenters. The Morgan fingerprint density at radius 2 is 1.73 bits per heavy atom. The fourth-order valence-corrected chi connectivity index (χ4v) is 4.02. The summed E-state index contributed by atoms with van der Waals surface area (Å²) in [4.78, 5) is 16.2. The van der Waals surface area contributed by atoms with E-state index in [-0.39, 0.29) is 5.56 Å². The maximum absolute atomic E-state index is 12.8. The van der Waals surface area contributed by atoms with Crippen LogP contribution in [-0.4, -0.2) is 14.8 Å². The van der Waals surface area contributed by atoms with Crippen LogP contribution in [0.1, 0.15) is 29.2 Å². The first-order chi connectivity index (χ1) is 12.8. The number of aryl methyl sites for hydroxylation is 1. The minimum Gasteiger partial charge on any atom is -0.364 e. The minimum absolute atomic E-state index is 0.0629. The van der Waals surface area contributed by atoms with Gasteiger partial charge < -0.3 is 4.98 Å². The van der Waals surface area contributed by atoms with Gasteiger partial charge in [0.25, 0.3) is 5.56 Å². The fraction of sp³-hybridized carbons (Fsp3) is 0.182. The predicted molar refractivity (Wildman–Crippen MR) is 102 cm³/mol. The zero-order valence-corrected chi connectivity index (χ0v) is 14.4. The maximum Gasteiger partial charge on any atom is 0.282 e. The lowest BCUT2D eigenvalue weighted by Gasteiger charge is -2.25. The number of benzene rings is 2. The minimum atomic E-state index is -0.0629. The highest BCUT2D eigenvalue weighted by molar-refractivity contribution is 5.65. The summed E-state index contributed by atoms with van der Waals surface area (Å²) in [5.41, 5.74) is 6.01. The number of aromatic nitrogens is 3. The second-order valence-electron chi connectivity index (χ2n) is 6.91. The summed E-state index contributed by atoms with van der Waals surface area (Å²) in [7, 11) is 0. The zero-order chi connectivity index (χ0) is 17.5. The average Bonchev–Trinajstić information content (AvgIpc) is 3.06. The molecule has 0 spiro atoms. The Balaban J connectivity index is 1.63. The molecule has 2 heterocycles. The molecule has 0 bridgehead atoms. The highest BCUT2D eigenvalue weighted by Gasteiger charge is 2.28. The summed E-state index contributed by atoms with van der Waals surface area (Å²) in [5.74, 6) is 0.472. The Kier molecular flexibility index (Phi) is 3.49. The first-order valence-electron chi connectivity index (χ1n) is 9.04. The van der Waals surface area contributed by atoms with E-state index < -0.39 is 0 Å². The van der Waals surface area contributed by atoms with Gasteiger partial charge >= 0.3 is 0 Å². The van der Waals surface area contributed by atoms with E-state index in [1.807, 2.05) is 36.5 Å². The van der Waals surface area contributed by atoms with Crippen molar-refractivity contribution in [3.05, 3.63) is 94.0 Å². The molecule has 0 fully saturated rings. The van der Waals surface area contributed by atoms with Crippen molar-refractivity contribution in [2.75, 3.05) is 0 Å². The van der Waals surface area contributed by atoms with E-state index in [1.165, 1.54) is 21.5 Å². The van der Waals surface area contributed by atoms with Crippen molar-refractivity contribution in [3.63, 3.8) is 0 Å². The lowest BCUT2D eigenvalue weighted by molar-refractivity contribution is 0.574. The number of nitrogens with zero attached hydrogens (tertiary/aromatic N) is 2. The molecule has 128 valence electrons. The monoisotopic (exact) mass is 341 g/mol. The molecular formula is C22H19N3O. The van der Waals surface area contributed by atoms with Crippen LogP contribution >= 0.6 is 0 Å². The zero-order valence-electron chi connectivity index (χ0n) is 14.4. The molecule has 5 rings (SSSR count). The number of hydrogen-bond donors (Lipinski definition) is 1. The van der Waals surface area contributed by atoms with E-state index in [0.29, 0.717) is 11.5 Å². The second-order valence-corrected chi connectivity index (χ2v) is 6.91. The van der Waals surface area contributed by atoms with E-state index in [0.717, 1.165) is 30.6 Å². The van der Waals surface area contributed by atoms with Gasteiger partial charge in [-0.3, -0.25) is 4.79 Å². The van der Waals surface area contributed by atoms with Crippen LogP contribution in [0, 0.1) is 0 Å². The first-order valence-corrected chi connectivity index (χ1v) is 9.04. The summed E-state index contributed by atoms with van der Waals surface area (Å²) >= 11 is 0. The molecular weight excluding hydrogens is 322 g/mol. The fourth-order valence-electron chi connectivity index (χ4n) is 4.02. The van der Waals surface area contributed by atoms with E-state index in [4.69, 9.17) is 5.10 Å². The number of para-hydroxylation sites is 1. The van der Waals surface area contributed by atoms with Crippen LogP contribution < -0.4 is 5.56 Å². The van der Waals surface area contributed by atoms with Crippen LogP contribution in [-0.2, 0) is 12.8 Å². The summed E-state index contributed by atoms with van der Waals surface area (Å²) < 4.78 is 1.52. The average molecular weight is 341 g/mol. The Labute approximate surface area is 151 Å². The number of fused-ring (bicyclic) bond motifs is 3. The highest BCUT2D eigenvalue weighted by Crippen LogP contribution is 2.36. The van der Waals surface area contributed by atoms with Crippen molar-refractivity contribution < 1.29 is 0 Å². The van der Waals surface area contributed by atoms with Gasteiger partial charge in [0.15, 0.2) is 0 Å². The second kappa shape index (κ2) is 5.99. The highest BCUT2D eigenvalue weighted by atomic mass is 16.1. The summed E-state index contributed by atoms with van der Waals surface area (Å²) in [6.45, 7) is 0. The van der Waals surface area contributed by atoms with Gasteiger partial charge in [0.1, 0.15) is 5.69 Å². The van der Waals surface area contributed by atoms with E-state index in [1.54, 1.807) is 0 Å². The van der Waals surface area contributed by atoms with Crippen molar-refractivity contribution in [2.45, 2.75) is 25.2 Å². The molecule has 3 aliphatic rings. The van der Waals surface area contributed by atoms with Gasteiger partial charge in [-0.25, -0.2) is 0 Å². The quantitative estimate of drug-likeness (QED) is 0.600. The third-order valence-corrected chi connectivity index (χ3v) is 5.38. The predicted octanol–water partition coefficient (Wildman–Crippen LogP) is 3.94. The van der Waals surface area contributed by atoms with E-state index in [9.17, 15) is 4.79 Å². The number of hydrogen-bond acceptors (Lipinski definition) is 2. The van der Waals surface area contributed by atoms with Crippen LogP contribution in [0.3, 0.4) is 0 Å². The standard InChI is InChI=1S/C22H19N3O/c26-22-19-14-23-20-12-11-16(15-7-3-1-4-8-15)13-18(20)21(19)24-25(22)17-9-5-2-6-10-17/h1-10,14,16,23H,11-13H2. The normalized spacial score (nSPS) is 16.5. The summed E-state index contributed by atoms with van der Waals surface area (Å²) in [6, 6.07) is 20.3. The first kappa shape index (κ1) is 15.1. The maximum atomic E-state index is 12.8. The van der Waals surface area contributed by atoms with Gasteiger partial charge in [-0.2, -0.15) is 9.78 Å². The third-order valence-electron chi connectivity index (χ3n) is 5.38. The van der Waals surface area contributed by atoms with Gasteiger partial charge in [0, 0.05) is 17.5 Å². The van der Waals surface area contributed by atoms with Crippen LogP contribution in [0.4, 0.5) is 0 Å². The van der Waals surface area contributed by atoms with Crippen LogP contribution in [0.5, 0.6) is 0 Å². The topological polar surface area (TPSA) is 50.7 Å². The largest absolute Gasteiger partial charge is 0.364 e. The molecule has 0 radical (unpaired) electrons. The van der Waals surface area contributed by atoms with Crippen molar-refractivity contribution in [1.29, 1.82) is 0 Å². The number of aromatic amines is 1. The van der Waals surface area contributed by atoms with Crippen LogP contribution in [0.15, 0.2) is 71.7 Å². The molecule has 2 aromatic rings. The Hall–Kier alpha value is -3.14. The Morgan fingerprint density at radius 1 is 1.00 bits per heavy atom. The summed E-state index contributed by atoms with van der Waals surface area (Å²) in [6.07, 6.45) is 4.84. The molecule has 0 saturated carbocycles. The van der Waals surface area contributed by atoms with Gasteiger partial charge in [0.05, 0.1) is 11.3 Å². The molecule has 4 nitrogen and oxygen atoms in total. The Morgan fingerprint density at radius 3 is 2.50 bits per heavy atom. The SMILES string of the molecule is O=c1c2c[nH]c3c(c-2nn1-c1ccccc1)CC(c1ccccc1)CC3. The van der Waals surface area contributed by atoms with Crippen LogP contribution in [0.2, 0.25) is 0 Å². The lowest BCUT2D eigenvalue weighted by atomic mass is 9.81. The van der Waals surface area contributed by atoms with Crippen molar-refractivity contribution in [3.8, 4) is 16.9 Å².